The van der Waals surface area contributed by atoms with Crippen LogP contribution in [-0.4, -0.2) is 12.3 Å². The van der Waals surface area contributed by atoms with Gasteiger partial charge in [-0.3, -0.25) is 4.79 Å². The fourth-order valence-electron chi connectivity index (χ4n) is 2.72. The number of hydrogen-bond acceptors (Lipinski definition) is 3. The first-order valence-electron chi connectivity index (χ1n) is 7.45. The highest BCUT2D eigenvalue weighted by Gasteiger charge is 2.31. The van der Waals surface area contributed by atoms with Crippen LogP contribution in [0.3, 0.4) is 0 Å². The Balaban J connectivity index is 1.87. The van der Waals surface area contributed by atoms with Crippen LogP contribution in [0, 0.1) is 11.8 Å². The van der Waals surface area contributed by atoms with E-state index >= 15 is 0 Å². The molecule has 1 aromatic carbocycles. The second-order valence-electron chi connectivity index (χ2n) is 5.57. The van der Waals surface area contributed by atoms with Crippen molar-refractivity contribution in [3.63, 3.8) is 0 Å². The highest BCUT2D eigenvalue weighted by atomic mass is 19.4. The third-order valence-electron chi connectivity index (χ3n) is 4.03. The van der Waals surface area contributed by atoms with Gasteiger partial charge in [0.15, 0.2) is 0 Å². The lowest BCUT2D eigenvalue weighted by atomic mass is 9.81. The van der Waals surface area contributed by atoms with Gasteiger partial charge in [0.2, 0.25) is 0 Å². The molecule has 122 valence electrons. The Morgan fingerprint density at radius 1 is 1.09 bits per heavy atom. The molecule has 0 bridgehead atoms. The summed E-state index contributed by atoms with van der Waals surface area (Å²) in [4.78, 5) is 12.0. The second kappa shape index (κ2) is 7.03. The first-order valence-corrected chi connectivity index (χ1v) is 7.45. The lowest BCUT2D eigenvalue weighted by Crippen LogP contribution is -2.25. The van der Waals surface area contributed by atoms with Gasteiger partial charge in [-0.25, -0.2) is 0 Å². The molecule has 1 saturated carbocycles. The number of esters is 1. The van der Waals surface area contributed by atoms with Gasteiger partial charge in [-0.2, -0.15) is 0 Å². The lowest BCUT2D eigenvalue weighted by Gasteiger charge is -2.26. The maximum atomic E-state index is 12.0. The average molecular weight is 316 g/mol. The summed E-state index contributed by atoms with van der Waals surface area (Å²) in [6.07, 6.45) is 0.0705. The monoisotopic (exact) mass is 316 g/mol. The molecule has 1 fully saturated rings. The minimum atomic E-state index is -4.73. The molecule has 0 amide bonds. The molecule has 0 atom stereocenters. The van der Waals surface area contributed by atoms with Crippen LogP contribution in [0.25, 0.3) is 0 Å². The summed E-state index contributed by atoms with van der Waals surface area (Å²) >= 11 is 0. The fourth-order valence-corrected chi connectivity index (χ4v) is 2.72. The Bertz CT molecular complexity index is 488. The van der Waals surface area contributed by atoms with Crippen molar-refractivity contribution in [2.75, 3.05) is 0 Å². The molecule has 0 heterocycles. The third kappa shape index (κ3) is 4.93. The molecule has 2 rings (SSSR count). The predicted octanol–water partition coefficient (Wildman–Crippen LogP) is 4.71. The topological polar surface area (TPSA) is 35.5 Å². The molecule has 0 radical (unpaired) electrons. The zero-order chi connectivity index (χ0) is 16.2. The van der Waals surface area contributed by atoms with Crippen LogP contribution in [0.4, 0.5) is 13.2 Å². The van der Waals surface area contributed by atoms with E-state index in [-0.39, 0.29) is 23.4 Å². The van der Waals surface area contributed by atoms with Crippen molar-refractivity contribution < 1.29 is 27.4 Å². The van der Waals surface area contributed by atoms with Gasteiger partial charge in [0.25, 0.3) is 0 Å². The normalized spacial score (nSPS) is 22.2. The standard InChI is InChI=1S/C16H19F3O3/c1-2-11-3-5-12(6-4-11)15(20)21-13-7-9-14(10-8-13)22-16(17,18)19/h7-12H,2-6H2,1H3. The minimum Gasteiger partial charge on any atom is -0.426 e. The van der Waals surface area contributed by atoms with E-state index in [4.69, 9.17) is 4.74 Å². The van der Waals surface area contributed by atoms with Crippen LogP contribution < -0.4 is 9.47 Å². The van der Waals surface area contributed by atoms with Crippen molar-refractivity contribution in [1.82, 2.24) is 0 Å². The number of benzene rings is 1. The van der Waals surface area contributed by atoms with Crippen molar-refractivity contribution in [3.8, 4) is 11.5 Å². The molecule has 6 heteroatoms. The van der Waals surface area contributed by atoms with Crippen LogP contribution in [0.2, 0.25) is 0 Å². The Hall–Kier alpha value is -1.72. The molecule has 1 aliphatic rings. The molecule has 0 aromatic heterocycles. The van der Waals surface area contributed by atoms with Gasteiger partial charge in [-0.1, -0.05) is 13.3 Å². The summed E-state index contributed by atoms with van der Waals surface area (Å²) in [6.45, 7) is 2.15. The predicted molar refractivity (Wildman–Crippen MR) is 74.5 cm³/mol. The number of alkyl halides is 3. The minimum absolute atomic E-state index is 0.117. The highest BCUT2D eigenvalue weighted by molar-refractivity contribution is 5.75. The van der Waals surface area contributed by atoms with Gasteiger partial charge in [0, 0.05) is 0 Å². The lowest BCUT2D eigenvalue weighted by molar-refractivity contribution is -0.274. The molecule has 0 N–H and O–H groups in total. The summed E-state index contributed by atoms with van der Waals surface area (Å²) in [6, 6.07) is 4.86. The summed E-state index contributed by atoms with van der Waals surface area (Å²) in [5.41, 5.74) is 0. The molecule has 0 saturated heterocycles. The smallest absolute Gasteiger partial charge is 0.426 e. The molecule has 22 heavy (non-hydrogen) atoms. The summed E-state index contributed by atoms with van der Waals surface area (Å²) in [5.74, 6) is 0.156. The van der Waals surface area contributed by atoms with Gasteiger partial charge < -0.3 is 9.47 Å². The van der Waals surface area contributed by atoms with E-state index in [1.54, 1.807) is 0 Å². The van der Waals surface area contributed by atoms with Crippen molar-refractivity contribution in [3.05, 3.63) is 24.3 Å². The Kier molecular flexibility index (Phi) is 5.32. The van der Waals surface area contributed by atoms with Crippen molar-refractivity contribution in [2.45, 2.75) is 45.4 Å². The van der Waals surface area contributed by atoms with Crippen LogP contribution in [0.5, 0.6) is 11.5 Å². The summed E-state index contributed by atoms with van der Waals surface area (Å²) < 4.78 is 45.1. The van der Waals surface area contributed by atoms with Crippen LogP contribution in [0.1, 0.15) is 39.0 Å². The zero-order valence-electron chi connectivity index (χ0n) is 12.4. The largest absolute Gasteiger partial charge is 0.573 e. The van der Waals surface area contributed by atoms with Crippen LogP contribution in [-0.2, 0) is 4.79 Å². The van der Waals surface area contributed by atoms with Gasteiger partial charge in [-0.05, 0) is 55.9 Å². The second-order valence-corrected chi connectivity index (χ2v) is 5.57. The average Bonchev–Trinajstić information content (AvgIpc) is 2.48. The number of carbonyl (C=O) groups excluding carboxylic acids is 1. The molecule has 1 aliphatic carbocycles. The van der Waals surface area contributed by atoms with Crippen LogP contribution in [0.15, 0.2) is 24.3 Å². The van der Waals surface area contributed by atoms with E-state index in [9.17, 15) is 18.0 Å². The van der Waals surface area contributed by atoms with Gasteiger partial charge in [0.05, 0.1) is 5.92 Å². The van der Waals surface area contributed by atoms with Crippen molar-refractivity contribution >= 4 is 5.97 Å². The number of rotatable bonds is 4. The van der Waals surface area contributed by atoms with E-state index in [1.807, 2.05) is 0 Å². The number of ether oxygens (including phenoxy) is 2. The number of hydrogen-bond donors (Lipinski definition) is 0. The molecule has 3 nitrogen and oxygen atoms in total. The van der Waals surface area contributed by atoms with E-state index in [1.165, 1.54) is 12.1 Å². The van der Waals surface area contributed by atoms with Gasteiger partial charge in [-0.15, -0.1) is 13.2 Å². The maximum Gasteiger partial charge on any atom is 0.573 e. The SMILES string of the molecule is CCC1CCC(C(=O)Oc2ccc(OC(F)(F)F)cc2)CC1. The van der Waals surface area contributed by atoms with Crippen LogP contribution >= 0.6 is 0 Å². The molecule has 0 unspecified atom stereocenters. The van der Waals surface area contributed by atoms with E-state index in [0.29, 0.717) is 5.92 Å². The van der Waals surface area contributed by atoms with E-state index < -0.39 is 6.36 Å². The molecule has 1 aromatic rings. The Morgan fingerprint density at radius 2 is 1.64 bits per heavy atom. The Morgan fingerprint density at radius 3 is 2.14 bits per heavy atom. The van der Waals surface area contributed by atoms with E-state index in [0.717, 1.165) is 44.2 Å². The highest BCUT2D eigenvalue weighted by Crippen LogP contribution is 2.32. The Labute approximate surface area is 127 Å². The molecular weight excluding hydrogens is 297 g/mol. The van der Waals surface area contributed by atoms with Crippen molar-refractivity contribution in [2.24, 2.45) is 11.8 Å². The van der Waals surface area contributed by atoms with Gasteiger partial charge >= 0.3 is 12.3 Å². The first kappa shape index (κ1) is 16.6. The molecule has 0 spiro atoms. The molecule has 0 aliphatic heterocycles. The number of carbonyl (C=O) groups is 1. The summed E-state index contributed by atoms with van der Waals surface area (Å²) in [5, 5.41) is 0. The maximum absolute atomic E-state index is 12.0. The first-order chi connectivity index (χ1) is 10.4. The summed E-state index contributed by atoms with van der Waals surface area (Å²) in [7, 11) is 0. The molecular formula is C16H19F3O3. The number of halogens is 3. The fraction of sp³-hybridized carbons (Fsp3) is 0.562. The third-order valence-corrected chi connectivity index (χ3v) is 4.03. The quantitative estimate of drug-likeness (QED) is 0.596. The zero-order valence-corrected chi connectivity index (χ0v) is 12.4. The van der Waals surface area contributed by atoms with Gasteiger partial charge in [0.1, 0.15) is 11.5 Å². The van der Waals surface area contributed by atoms with E-state index in [2.05, 4.69) is 11.7 Å². The van der Waals surface area contributed by atoms with Crippen molar-refractivity contribution in [1.29, 1.82) is 0 Å².